The second kappa shape index (κ2) is 10.7. The van der Waals surface area contributed by atoms with Crippen molar-refractivity contribution in [3.63, 3.8) is 0 Å². The molecule has 0 atom stereocenters. The summed E-state index contributed by atoms with van der Waals surface area (Å²) in [6.45, 7) is 3.12. The van der Waals surface area contributed by atoms with Gasteiger partial charge in [-0.1, -0.05) is 0 Å². The third kappa shape index (κ3) is 9.70. The Labute approximate surface area is 91.3 Å². The van der Waals surface area contributed by atoms with Crippen molar-refractivity contribution in [2.75, 3.05) is 40.5 Å². The lowest BCUT2D eigenvalue weighted by Gasteiger charge is -2.09. The number of nitrogens with one attached hydrogen (secondary N) is 2. The summed E-state index contributed by atoms with van der Waals surface area (Å²) in [4.78, 5) is 0. The summed E-state index contributed by atoms with van der Waals surface area (Å²) < 4.78 is 9.82. The topological polar surface area (TPSA) is 42.5 Å². The van der Waals surface area contributed by atoms with E-state index in [1.54, 1.807) is 14.2 Å². The van der Waals surface area contributed by atoms with Crippen molar-refractivity contribution in [3.8, 4) is 0 Å². The van der Waals surface area contributed by atoms with Gasteiger partial charge in [-0.2, -0.15) is 0 Å². The van der Waals surface area contributed by atoms with Gasteiger partial charge in [0.1, 0.15) is 0 Å². The Kier molecular flexibility index (Phi) is 10.4. The average Bonchev–Trinajstić information content (AvgIpc) is 2.18. The van der Waals surface area contributed by atoms with Gasteiger partial charge in [0, 0.05) is 33.9 Å². The zero-order valence-electron chi connectivity index (χ0n) is 8.97. The van der Waals surface area contributed by atoms with Gasteiger partial charge >= 0.3 is 0 Å². The predicted octanol–water partition coefficient (Wildman–Crippen LogP) is 0.523. The molecule has 0 spiro atoms. The minimum atomic E-state index is 0.672. The van der Waals surface area contributed by atoms with E-state index in [1.165, 1.54) is 0 Å². The first-order valence-corrected chi connectivity index (χ1v) is 5.21. The van der Waals surface area contributed by atoms with Crippen LogP contribution in [-0.4, -0.2) is 45.6 Å². The molecule has 2 N–H and O–H groups in total. The molecule has 5 heteroatoms. The lowest BCUT2D eigenvalue weighted by atomic mass is 10.3. The van der Waals surface area contributed by atoms with E-state index in [9.17, 15) is 0 Å². The van der Waals surface area contributed by atoms with Crippen LogP contribution in [0, 0.1) is 0 Å². The standard InChI is InChI=1S/C9H20N2O2S/c1-12-7-4-3-5-10-9(14)11-6-8-13-2/h3-8H2,1-2H3,(H2,10,11,14). The van der Waals surface area contributed by atoms with Crippen LogP contribution in [0.25, 0.3) is 0 Å². The fraction of sp³-hybridized carbons (Fsp3) is 0.889. The van der Waals surface area contributed by atoms with Crippen LogP contribution in [0.15, 0.2) is 0 Å². The number of ether oxygens (including phenoxy) is 2. The van der Waals surface area contributed by atoms with E-state index < -0.39 is 0 Å². The first kappa shape index (κ1) is 13.6. The molecule has 0 heterocycles. The summed E-state index contributed by atoms with van der Waals surface area (Å²) in [5, 5.41) is 6.84. The highest BCUT2D eigenvalue weighted by atomic mass is 32.1. The first-order valence-electron chi connectivity index (χ1n) is 4.81. The van der Waals surface area contributed by atoms with E-state index in [2.05, 4.69) is 10.6 Å². The Morgan fingerprint density at radius 3 is 2.29 bits per heavy atom. The van der Waals surface area contributed by atoms with Crippen molar-refractivity contribution in [2.24, 2.45) is 0 Å². The number of unbranched alkanes of at least 4 members (excludes halogenated alkanes) is 1. The normalized spacial score (nSPS) is 9.86. The van der Waals surface area contributed by atoms with Crippen molar-refractivity contribution < 1.29 is 9.47 Å². The minimum absolute atomic E-state index is 0.672. The molecule has 4 nitrogen and oxygen atoms in total. The van der Waals surface area contributed by atoms with Crippen molar-refractivity contribution in [2.45, 2.75) is 12.8 Å². The highest BCUT2D eigenvalue weighted by Crippen LogP contribution is 1.86. The van der Waals surface area contributed by atoms with Crippen molar-refractivity contribution in [1.82, 2.24) is 10.6 Å². The smallest absolute Gasteiger partial charge is 0.166 e. The Balaban J connectivity index is 3.10. The quantitative estimate of drug-likeness (QED) is 0.461. The molecule has 0 aliphatic carbocycles. The number of hydrogen-bond acceptors (Lipinski definition) is 3. The van der Waals surface area contributed by atoms with Gasteiger partial charge in [0.25, 0.3) is 0 Å². The summed E-state index contributed by atoms with van der Waals surface area (Å²) in [5.41, 5.74) is 0. The number of rotatable bonds is 8. The monoisotopic (exact) mass is 220 g/mol. The van der Waals surface area contributed by atoms with E-state index >= 15 is 0 Å². The SMILES string of the molecule is COCCCCNC(=S)NCCOC. The van der Waals surface area contributed by atoms with Crippen molar-refractivity contribution in [1.29, 1.82) is 0 Å². The van der Waals surface area contributed by atoms with Crippen molar-refractivity contribution >= 4 is 17.3 Å². The molecule has 0 aromatic heterocycles. The Hall–Kier alpha value is -0.390. The predicted molar refractivity (Wildman–Crippen MR) is 61.6 cm³/mol. The number of hydrogen-bond donors (Lipinski definition) is 2. The maximum atomic E-state index is 5.04. The van der Waals surface area contributed by atoms with E-state index in [1.807, 2.05) is 0 Å². The fourth-order valence-electron chi connectivity index (χ4n) is 0.902. The average molecular weight is 220 g/mol. The van der Waals surface area contributed by atoms with Gasteiger partial charge in [0.05, 0.1) is 6.61 Å². The van der Waals surface area contributed by atoms with Gasteiger partial charge in [0.15, 0.2) is 5.11 Å². The second-order valence-corrected chi connectivity index (χ2v) is 3.28. The third-order valence-electron chi connectivity index (χ3n) is 1.65. The maximum Gasteiger partial charge on any atom is 0.166 e. The van der Waals surface area contributed by atoms with Gasteiger partial charge < -0.3 is 20.1 Å². The Bertz CT molecular complexity index is 145. The van der Waals surface area contributed by atoms with Gasteiger partial charge in [-0.3, -0.25) is 0 Å². The molecule has 0 radical (unpaired) electrons. The van der Waals surface area contributed by atoms with E-state index in [-0.39, 0.29) is 0 Å². The van der Waals surface area contributed by atoms with Crippen LogP contribution in [-0.2, 0) is 9.47 Å². The van der Waals surface area contributed by atoms with Crippen LogP contribution in [0.1, 0.15) is 12.8 Å². The van der Waals surface area contributed by atoms with E-state index in [0.29, 0.717) is 11.7 Å². The van der Waals surface area contributed by atoms with Gasteiger partial charge in [-0.15, -0.1) is 0 Å². The molecule has 14 heavy (non-hydrogen) atoms. The summed E-state index contributed by atoms with van der Waals surface area (Å²) in [7, 11) is 3.38. The second-order valence-electron chi connectivity index (χ2n) is 2.88. The Morgan fingerprint density at radius 1 is 1.00 bits per heavy atom. The lowest BCUT2D eigenvalue weighted by Crippen LogP contribution is -2.37. The molecule has 0 saturated carbocycles. The van der Waals surface area contributed by atoms with Crippen LogP contribution >= 0.6 is 12.2 Å². The van der Waals surface area contributed by atoms with Crippen LogP contribution in [0.5, 0.6) is 0 Å². The molecule has 0 aliphatic rings. The number of thiocarbonyl (C=S) groups is 1. The molecule has 0 bridgehead atoms. The molecule has 0 unspecified atom stereocenters. The molecule has 0 saturated heterocycles. The van der Waals surface area contributed by atoms with Gasteiger partial charge in [-0.25, -0.2) is 0 Å². The minimum Gasteiger partial charge on any atom is -0.385 e. The highest BCUT2D eigenvalue weighted by molar-refractivity contribution is 7.80. The fourth-order valence-corrected chi connectivity index (χ4v) is 1.11. The van der Waals surface area contributed by atoms with Crippen LogP contribution in [0.3, 0.4) is 0 Å². The molecule has 0 aromatic carbocycles. The highest BCUT2D eigenvalue weighted by Gasteiger charge is 1.93. The van der Waals surface area contributed by atoms with Crippen LogP contribution in [0.2, 0.25) is 0 Å². The van der Waals surface area contributed by atoms with Gasteiger partial charge in [-0.05, 0) is 25.1 Å². The molecular weight excluding hydrogens is 200 g/mol. The zero-order chi connectivity index (χ0) is 10.6. The summed E-state index contributed by atoms with van der Waals surface area (Å²) in [5.74, 6) is 0. The lowest BCUT2D eigenvalue weighted by molar-refractivity contribution is 0.193. The summed E-state index contributed by atoms with van der Waals surface area (Å²) in [6, 6.07) is 0. The molecule has 0 aliphatic heterocycles. The largest absolute Gasteiger partial charge is 0.385 e. The number of methoxy groups -OCH3 is 2. The van der Waals surface area contributed by atoms with E-state index in [4.69, 9.17) is 21.7 Å². The van der Waals surface area contributed by atoms with Crippen molar-refractivity contribution in [3.05, 3.63) is 0 Å². The van der Waals surface area contributed by atoms with E-state index in [0.717, 1.165) is 32.5 Å². The summed E-state index contributed by atoms with van der Waals surface area (Å²) in [6.07, 6.45) is 2.13. The third-order valence-corrected chi connectivity index (χ3v) is 1.94. The molecule has 0 rings (SSSR count). The van der Waals surface area contributed by atoms with Crippen LogP contribution < -0.4 is 10.6 Å². The molecule has 0 amide bonds. The summed E-state index contributed by atoms with van der Waals surface area (Å²) >= 11 is 5.04. The van der Waals surface area contributed by atoms with Crippen LogP contribution in [0.4, 0.5) is 0 Å². The van der Waals surface area contributed by atoms with Gasteiger partial charge in [0.2, 0.25) is 0 Å². The first-order chi connectivity index (χ1) is 6.81. The Morgan fingerprint density at radius 2 is 1.64 bits per heavy atom. The molecule has 0 fully saturated rings. The zero-order valence-corrected chi connectivity index (χ0v) is 9.78. The molecule has 84 valence electrons. The maximum absolute atomic E-state index is 5.04. The molecule has 0 aromatic rings. The molecular formula is C9H20N2O2S.